The number of benzene rings is 1. The zero-order valence-electron chi connectivity index (χ0n) is 8.01. The molecule has 74 valence electrons. The zero-order chi connectivity index (χ0) is 10.2. The molecule has 1 aromatic rings. The summed E-state index contributed by atoms with van der Waals surface area (Å²) in [4.78, 5) is 11.0. The molecule has 1 heterocycles. The monoisotopic (exact) mass is 193 g/mol. The fourth-order valence-electron chi connectivity index (χ4n) is 1.55. The first-order valence-electron chi connectivity index (χ1n) is 4.63. The second kappa shape index (κ2) is 3.17. The summed E-state index contributed by atoms with van der Waals surface area (Å²) in [5, 5.41) is 2.90. The van der Waals surface area contributed by atoms with Gasteiger partial charge in [0.15, 0.2) is 11.5 Å². The van der Waals surface area contributed by atoms with Crippen LogP contribution in [0.1, 0.15) is 22.8 Å². The van der Waals surface area contributed by atoms with E-state index in [1.54, 1.807) is 24.3 Å². The summed E-state index contributed by atoms with van der Waals surface area (Å²) in [5.41, 5.74) is 0.0564. The predicted octanol–water partition coefficient (Wildman–Crippen LogP) is 1.66. The smallest absolute Gasteiger partial charge is 0.160 e. The lowest BCUT2D eigenvalue weighted by atomic mass is 9.89. The van der Waals surface area contributed by atoms with Crippen LogP contribution in [-0.2, 0) is 5.67 Å². The molecule has 14 heavy (non-hydrogen) atoms. The Balaban J connectivity index is 2.25. The summed E-state index contributed by atoms with van der Waals surface area (Å²) < 4.78 is 13.8. The fraction of sp³-hybridized carbons (Fsp3) is 0.364. The van der Waals surface area contributed by atoms with Crippen molar-refractivity contribution >= 4 is 5.78 Å². The van der Waals surface area contributed by atoms with Crippen LogP contribution in [0.2, 0.25) is 0 Å². The molecule has 1 aliphatic heterocycles. The van der Waals surface area contributed by atoms with E-state index in [1.165, 1.54) is 6.92 Å². The molecular weight excluding hydrogens is 181 g/mol. The first-order valence-corrected chi connectivity index (χ1v) is 4.63. The van der Waals surface area contributed by atoms with Gasteiger partial charge in [-0.25, -0.2) is 4.39 Å². The van der Waals surface area contributed by atoms with E-state index in [0.717, 1.165) is 0 Å². The van der Waals surface area contributed by atoms with E-state index in [4.69, 9.17) is 0 Å². The lowest BCUT2D eigenvalue weighted by Gasteiger charge is -2.35. The number of ketones is 1. The molecular formula is C11H12FNO. The third-order valence-electron chi connectivity index (χ3n) is 2.62. The van der Waals surface area contributed by atoms with E-state index in [-0.39, 0.29) is 5.78 Å². The number of hydrogen-bond donors (Lipinski definition) is 1. The number of alkyl halides is 1. The van der Waals surface area contributed by atoms with Gasteiger partial charge in [0.1, 0.15) is 0 Å². The van der Waals surface area contributed by atoms with E-state index < -0.39 is 5.67 Å². The molecule has 0 amide bonds. The molecule has 1 saturated heterocycles. The topological polar surface area (TPSA) is 29.1 Å². The highest BCUT2D eigenvalue weighted by molar-refractivity contribution is 5.94. The SMILES string of the molecule is CC(=O)c1ccc(C2(F)CNC2)cc1. The van der Waals surface area contributed by atoms with Crippen LogP contribution in [0.4, 0.5) is 4.39 Å². The summed E-state index contributed by atoms with van der Waals surface area (Å²) in [6.45, 7) is 2.24. The van der Waals surface area contributed by atoms with Crippen molar-refractivity contribution in [1.29, 1.82) is 0 Å². The van der Waals surface area contributed by atoms with Crippen molar-refractivity contribution in [1.82, 2.24) is 5.32 Å². The highest BCUT2D eigenvalue weighted by Crippen LogP contribution is 2.29. The minimum Gasteiger partial charge on any atom is -0.310 e. The highest BCUT2D eigenvalue weighted by Gasteiger charge is 2.38. The number of carbonyl (C=O) groups excluding carboxylic acids is 1. The van der Waals surface area contributed by atoms with E-state index in [2.05, 4.69) is 5.32 Å². The second-order valence-electron chi connectivity index (χ2n) is 3.70. The maximum Gasteiger partial charge on any atom is 0.160 e. The van der Waals surface area contributed by atoms with E-state index in [0.29, 0.717) is 24.2 Å². The molecule has 0 unspecified atom stereocenters. The van der Waals surface area contributed by atoms with Crippen LogP contribution in [0, 0.1) is 0 Å². The molecule has 3 heteroatoms. The summed E-state index contributed by atoms with van der Waals surface area (Å²) in [5.74, 6) is 0.0104. The molecule has 0 bridgehead atoms. The maximum atomic E-state index is 13.8. The highest BCUT2D eigenvalue weighted by atomic mass is 19.1. The quantitative estimate of drug-likeness (QED) is 0.724. The Morgan fingerprint density at radius 1 is 1.36 bits per heavy atom. The molecule has 1 aliphatic rings. The maximum absolute atomic E-state index is 13.8. The van der Waals surface area contributed by atoms with Crippen molar-refractivity contribution in [2.24, 2.45) is 0 Å². The lowest BCUT2D eigenvalue weighted by Crippen LogP contribution is -2.53. The third-order valence-corrected chi connectivity index (χ3v) is 2.62. The Bertz CT molecular complexity index is 354. The van der Waals surface area contributed by atoms with Gasteiger partial charge in [-0.15, -0.1) is 0 Å². The van der Waals surface area contributed by atoms with Gasteiger partial charge in [0.05, 0.1) is 0 Å². The van der Waals surface area contributed by atoms with Gasteiger partial charge < -0.3 is 5.32 Å². The third kappa shape index (κ3) is 1.44. The van der Waals surface area contributed by atoms with Crippen molar-refractivity contribution in [3.63, 3.8) is 0 Å². The molecule has 0 aromatic heterocycles. The molecule has 0 radical (unpaired) electrons. The summed E-state index contributed by atoms with van der Waals surface area (Å²) >= 11 is 0. The average Bonchev–Trinajstić information content (AvgIpc) is 2.14. The standard InChI is InChI=1S/C11H12FNO/c1-8(14)9-2-4-10(5-3-9)11(12)6-13-7-11/h2-5,13H,6-7H2,1H3. The van der Waals surface area contributed by atoms with Crippen molar-refractivity contribution in [2.75, 3.05) is 13.1 Å². The van der Waals surface area contributed by atoms with Crippen LogP contribution in [-0.4, -0.2) is 18.9 Å². The number of carbonyl (C=O) groups is 1. The summed E-state index contributed by atoms with van der Waals surface area (Å²) in [6.07, 6.45) is 0. The second-order valence-corrected chi connectivity index (χ2v) is 3.70. The summed E-state index contributed by atoms with van der Waals surface area (Å²) in [7, 11) is 0. The minimum absolute atomic E-state index is 0.0104. The summed E-state index contributed by atoms with van der Waals surface area (Å²) in [6, 6.07) is 6.74. The number of Topliss-reactive ketones (excluding diaryl/α,β-unsaturated/α-hetero) is 1. The van der Waals surface area contributed by atoms with Crippen LogP contribution in [0.3, 0.4) is 0 Å². The van der Waals surface area contributed by atoms with Gasteiger partial charge in [0, 0.05) is 18.7 Å². The van der Waals surface area contributed by atoms with Gasteiger partial charge in [0.25, 0.3) is 0 Å². The molecule has 0 aliphatic carbocycles. The van der Waals surface area contributed by atoms with Gasteiger partial charge >= 0.3 is 0 Å². The molecule has 0 atom stereocenters. The van der Waals surface area contributed by atoms with Gasteiger partial charge in [-0.1, -0.05) is 24.3 Å². The molecule has 1 N–H and O–H groups in total. The first kappa shape index (κ1) is 9.34. The molecule has 2 nitrogen and oxygen atoms in total. The Kier molecular flexibility index (Phi) is 2.11. The molecule has 1 aromatic carbocycles. The normalized spacial score (nSPS) is 18.7. The van der Waals surface area contributed by atoms with Crippen LogP contribution >= 0.6 is 0 Å². The van der Waals surface area contributed by atoms with E-state index >= 15 is 0 Å². The first-order chi connectivity index (χ1) is 6.62. The largest absolute Gasteiger partial charge is 0.310 e. The van der Waals surface area contributed by atoms with E-state index in [9.17, 15) is 9.18 Å². The van der Waals surface area contributed by atoms with Crippen molar-refractivity contribution in [2.45, 2.75) is 12.6 Å². The lowest BCUT2D eigenvalue weighted by molar-refractivity contribution is 0.0890. The van der Waals surface area contributed by atoms with Crippen LogP contribution in [0.15, 0.2) is 24.3 Å². The average molecular weight is 193 g/mol. The Morgan fingerprint density at radius 3 is 2.29 bits per heavy atom. The van der Waals surface area contributed by atoms with Gasteiger partial charge in [-0.3, -0.25) is 4.79 Å². The van der Waals surface area contributed by atoms with Crippen LogP contribution in [0.25, 0.3) is 0 Å². The van der Waals surface area contributed by atoms with Crippen molar-refractivity contribution in [3.8, 4) is 0 Å². The van der Waals surface area contributed by atoms with Gasteiger partial charge in [-0.2, -0.15) is 0 Å². The molecule has 2 rings (SSSR count). The van der Waals surface area contributed by atoms with Crippen molar-refractivity contribution in [3.05, 3.63) is 35.4 Å². The number of hydrogen-bond acceptors (Lipinski definition) is 2. The Labute approximate surface area is 82.1 Å². The number of rotatable bonds is 2. The van der Waals surface area contributed by atoms with Gasteiger partial charge in [0.2, 0.25) is 0 Å². The number of nitrogens with one attached hydrogen (secondary N) is 1. The minimum atomic E-state index is -1.23. The Morgan fingerprint density at radius 2 is 1.93 bits per heavy atom. The zero-order valence-corrected chi connectivity index (χ0v) is 8.01. The van der Waals surface area contributed by atoms with Gasteiger partial charge in [-0.05, 0) is 12.5 Å². The molecule has 0 spiro atoms. The molecule has 1 fully saturated rings. The van der Waals surface area contributed by atoms with Crippen LogP contribution < -0.4 is 5.32 Å². The fourth-order valence-corrected chi connectivity index (χ4v) is 1.55. The predicted molar refractivity (Wildman–Crippen MR) is 52.1 cm³/mol. The van der Waals surface area contributed by atoms with Crippen LogP contribution in [0.5, 0.6) is 0 Å². The number of halogens is 1. The van der Waals surface area contributed by atoms with E-state index in [1.807, 2.05) is 0 Å². The Hall–Kier alpha value is -1.22. The molecule has 0 saturated carbocycles. The van der Waals surface area contributed by atoms with Crippen molar-refractivity contribution < 1.29 is 9.18 Å².